The minimum atomic E-state index is -0.894. The molecular weight excluding hydrogens is 424 g/mol. The largest absolute Gasteiger partial charge is 0.328 e. The Morgan fingerprint density at radius 2 is 1.73 bits per heavy atom. The van der Waals surface area contributed by atoms with Gasteiger partial charge in [0.25, 0.3) is 0 Å². The number of hydrogen-bond acceptors (Lipinski definition) is 3. The second-order valence-electron chi connectivity index (χ2n) is 8.01. The van der Waals surface area contributed by atoms with Crippen molar-refractivity contribution in [2.45, 2.75) is 25.3 Å². The van der Waals surface area contributed by atoms with E-state index in [2.05, 4.69) is 22.1 Å². The smallest absolute Gasteiger partial charge is 0.324 e. The van der Waals surface area contributed by atoms with Crippen molar-refractivity contribution < 1.29 is 18.4 Å². The molecule has 1 atom stereocenters. The van der Waals surface area contributed by atoms with E-state index in [1.807, 2.05) is 18.2 Å². The molecule has 1 saturated heterocycles. The predicted octanol–water partition coefficient (Wildman–Crippen LogP) is 4.16. The van der Waals surface area contributed by atoms with Crippen LogP contribution < -0.4 is 5.32 Å². The third kappa shape index (κ3) is 4.90. The molecule has 0 aliphatic carbocycles. The summed E-state index contributed by atoms with van der Waals surface area (Å²) < 4.78 is 29.2. The number of pyridine rings is 1. The lowest BCUT2D eigenvalue weighted by Crippen LogP contribution is -2.59. The van der Waals surface area contributed by atoms with E-state index in [0.717, 1.165) is 22.6 Å². The maximum atomic E-state index is 14.6. The summed E-state index contributed by atoms with van der Waals surface area (Å²) in [6, 6.07) is 14.3. The molecule has 2 aromatic carbocycles. The molecule has 1 fully saturated rings. The molecule has 0 radical (unpaired) electrons. The highest BCUT2D eigenvalue weighted by atomic mass is 19.1. The molecule has 0 saturated carbocycles. The van der Waals surface area contributed by atoms with E-state index in [4.69, 9.17) is 0 Å². The fraction of sp³-hybridized carbons (Fsp3) is 0.192. The van der Waals surface area contributed by atoms with Gasteiger partial charge in [-0.3, -0.25) is 14.7 Å². The van der Waals surface area contributed by atoms with Crippen molar-refractivity contribution in [3.8, 4) is 11.8 Å². The molecule has 0 bridgehead atoms. The van der Waals surface area contributed by atoms with Crippen molar-refractivity contribution in [2.75, 3.05) is 6.54 Å². The lowest BCUT2D eigenvalue weighted by molar-refractivity contribution is -0.131. The first-order chi connectivity index (χ1) is 15.9. The van der Waals surface area contributed by atoms with Crippen LogP contribution in [0.15, 0.2) is 67.0 Å². The fourth-order valence-corrected chi connectivity index (χ4v) is 3.75. The summed E-state index contributed by atoms with van der Waals surface area (Å²) in [7, 11) is 0. The molecular formula is C26H21F2N3O2. The average Bonchev–Trinajstić information content (AvgIpc) is 2.80. The van der Waals surface area contributed by atoms with E-state index < -0.39 is 29.1 Å². The van der Waals surface area contributed by atoms with Crippen LogP contribution in [-0.2, 0) is 16.8 Å². The monoisotopic (exact) mass is 445 g/mol. The SMILES string of the molecule is C[C@@]1(c2cccnc2)CC(=O)N(CCc2c(F)cc(C#Cc3ccccc3)cc2F)C(=O)N1. The lowest BCUT2D eigenvalue weighted by Gasteiger charge is -2.39. The Kier molecular flexibility index (Phi) is 6.18. The molecule has 7 heteroatoms. The quantitative estimate of drug-likeness (QED) is 0.614. The third-order valence-electron chi connectivity index (χ3n) is 5.58. The predicted molar refractivity (Wildman–Crippen MR) is 119 cm³/mol. The summed E-state index contributed by atoms with van der Waals surface area (Å²) in [4.78, 5) is 30.3. The molecule has 1 N–H and O–H groups in total. The molecule has 2 heterocycles. The Balaban J connectivity index is 1.45. The van der Waals surface area contributed by atoms with Gasteiger partial charge in [0.15, 0.2) is 0 Å². The number of urea groups is 1. The molecule has 5 nitrogen and oxygen atoms in total. The average molecular weight is 445 g/mol. The fourth-order valence-electron chi connectivity index (χ4n) is 3.75. The molecule has 166 valence electrons. The highest BCUT2D eigenvalue weighted by Gasteiger charge is 2.41. The van der Waals surface area contributed by atoms with Crippen LogP contribution in [0.25, 0.3) is 0 Å². The number of nitrogens with zero attached hydrogens (tertiary/aromatic N) is 2. The van der Waals surface area contributed by atoms with Gasteiger partial charge in [-0.2, -0.15) is 0 Å². The van der Waals surface area contributed by atoms with Crippen molar-refractivity contribution in [3.63, 3.8) is 0 Å². The Morgan fingerprint density at radius 3 is 2.36 bits per heavy atom. The van der Waals surface area contributed by atoms with Crippen LogP contribution in [0.2, 0.25) is 0 Å². The Bertz CT molecular complexity index is 1210. The zero-order valence-corrected chi connectivity index (χ0v) is 17.9. The van der Waals surface area contributed by atoms with Crippen LogP contribution in [0.5, 0.6) is 0 Å². The van der Waals surface area contributed by atoms with Crippen molar-refractivity contribution in [1.29, 1.82) is 0 Å². The molecule has 0 unspecified atom stereocenters. The highest BCUT2D eigenvalue weighted by molar-refractivity contribution is 5.98. The molecule has 1 aromatic heterocycles. The highest BCUT2D eigenvalue weighted by Crippen LogP contribution is 2.29. The second kappa shape index (κ2) is 9.21. The molecule has 0 spiro atoms. The van der Waals surface area contributed by atoms with E-state index in [0.29, 0.717) is 5.56 Å². The molecule has 4 rings (SSSR count). The van der Waals surface area contributed by atoms with Gasteiger partial charge in [-0.25, -0.2) is 13.6 Å². The first-order valence-corrected chi connectivity index (χ1v) is 10.4. The summed E-state index contributed by atoms with van der Waals surface area (Å²) in [5, 5.41) is 2.82. The van der Waals surface area contributed by atoms with Gasteiger partial charge in [0.1, 0.15) is 11.6 Å². The van der Waals surface area contributed by atoms with Crippen molar-refractivity contribution in [3.05, 3.63) is 101 Å². The van der Waals surface area contributed by atoms with E-state index in [-0.39, 0.29) is 30.5 Å². The number of rotatable bonds is 4. The summed E-state index contributed by atoms with van der Waals surface area (Å²) >= 11 is 0. The summed E-state index contributed by atoms with van der Waals surface area (Å²) in [6.45, 7) is 1.60. The lowest BCUT2D eigenvalue weighted by atomic mass is 9.87. The van der Waals surface area contributed by atoms with Gasteiger partial charge in [0.2, 0.25) is 5.91 Å². The van der Waals surface area contributed by atoms with Crippen molar-refractivity contribution in [1.82, 2.24) is 15.2 Å². The van der Waals surface area contributed by atoms with Gasteiger partial charge in [-0.05, 0) is 49.2 Å². The molecule has 1 aliphatic heterocycles. The van der Waals surface area contributed by atoms with Crippen molar-refractivity contribution in [2.24, 2.45) is 0 Å². The standard InChI is InChI=1S/C26H21F2N3O2/c1-26(20-8-5-12-29-17-20)16-24(32)31(25(33)30-26)13-11-21-22(27)14-19(15-23(21)28)10-9-18-6-3-2-4-7-18/h2-8,12,14-15,17H,11,13,16H2,1H3,(H,30,33)/t26-/m0/s1. The first kappa shape index (κ1) is 22.2. The number of carbonyl (C=O) groups is 2. The number of imide groups is 1. The van der Waals surface area contributed by atoms with E-state index in [9.17, 15) is 18.4 Å². The number of carbonyl (C=O) groups excluding carboxylic acids is 2. The van der Waals surface area contributed by atoms with E-state index >= 15 is 0 Å². The Morgan fingerprint density at radius 1 is 1.03 bits per heavy atom. The normalized spacial score (nSPS) is 17.8. The maximum Gasteiger partial charge on any atom is 0.324 e. The van der Waals surface area contributed by atoms with Gasteiger partial charge < -0.3 is 5.32 Å². The van der Waals surface area contributed by atoms with E-state index in [1.54, 1.807) is 43.6 Å². The van der Waals surface area contributed by atoms with Crippen LogP contribution in [0.4, 0.5) is 13.6 Å². The van der Waals surface area contributed by atoms with Crippen LogP contribution in [0.1, 0.15) is 35.6 Å². The number of aromatic nitrogens is 1. The van der Waals surface area contributed by atoms with Crippen LogP contribution in [0.3, 0.4) is 0 Å². The zero-order valence-electron chi connectivity index (χ0n) is 17.9. The zero-order chi connectivity index (χ0) is 23.4. The second-order valence-corrected chi connectivity index (χ2v) is 8.01. The number of hydrogen-bond donors (Lipinski definition) is 1. The number of amides is 3. The summed E-state index contributed by atoms with van der Waals surface area (Å²) in [5.74, 6) is 3.66. The van der Waals surface area contributed by atoms with Gasteiger partial charge in [-0.1, -0.05) is 36.1 Å². The van der Waals surface area contributed by atoms with Gasteiger partial charge in [0.05, 0.1) is 12.0 Å². The third-order valence-corrected chi connectivity index (χ3v) is 5.58. The topological polar surface area (TPSA) is 62.3 Å². The molecule has 1 aliphatic rings. The molecule has 3 amide bonds. The van der Waals surface area contributed by atoms with Gasteiger partial charge >= 0.3 is 6.03 Å². The van der Waals surface area contributed by atoms with Crippen LogP contribution in [0, 0.1) is 23.5 Å². The van der Waals surface area contributed by atoms with E-state index in [1.165, 1.54) is 0 Å². The maximum absolute atomic E-state index is 14.6. The van der Waals surface area contributed by atoms with Gasteiger partial charge in [0, 0.05) is 35.6 Å². The summed E-state index contributed by atoms with van der Waals surface area (Å²) in [6.07, 6.45) is 3.07. The number of nitrogens with one attached hydrogen (secondary N) is 1. The minimum Gasteiger partial charge on any atom is -0.328 e. The van der Waals surface area contributed by atoms with Crippen LogP contribution in [-0.4, -0.2) is 28.4 Å². The number of halogens is 2. The first-order valence-electron chi connectivity index (χ1n) is 10.4. The molecule has 3 aromatic rings. The minimum absolute atomic E-state index is 0.0173. The number of benzene rings is 2. The Labute approximate surface area is 190 Å². The summed E-state index contributed by atoms with van der Waals surface area (Å²) in [5.41, 5.74) is 0.554. The Hall–Kier alpha value is -4.05. The van der Waals surface area contributed by atoms with Gasteiger partial charge in [-0.15, -0.1) is 0 Å². The van der Waals surface area contributed by atoms with Crippen LogP contribution >= 0.6 is 0 Å². The van der Waals surface area contributed by atoms with Crippen molar-refractivity contribution >= 4 is 11.9 Å². The molecule has 33 heavy (non-hydrogen) atoms.